The lowest BCUT2D eigenvalue weighted by Gasteiger charge is -2.09. The van der Waals surface area contributed by atoms with Crippen molar-refractivity contribution in [3.8, 4) is 5.75 Å². The van der Waals surface area contributed by atoms with E-state index < -0.39 is 10.0 Å². The van der Waals surface area contributed by atoms with E-state index in [2.05, 4.69) is 9.93 Å². The summed E-state index contributed by atoms with van der Waals surface area (Å²) in [6.45, 7) is 1.84. The molecule has 0 aliphatic rings. The zero-order chi connectivity index (χ0) is 17.9. The molecule has 0 saturated heterocycles. The maximum Gasteiger partial charge on any atom is 0.276 e. The molecule has 0 saturated carbocycles. The van der Waals surface area contributed by atoms with Crippen molar-refractivity contribution in [2.24, 2.45) is 5.10 Å². The Morgan fingerprint density at radius 2 is 1.68 bits per heavy atom. The molecule has 6 heteroatoms. The Morgan fingerprint density at radius 3 is 2.40 bits per heavy atom. The maximum absolute atomic E-state index is 12.5. The number of phenols is 1. The Bertz CT molecular complexity index is 1040. The number of phenolic OH excluding ortho intramolecular Hbond substituents is 1. The van der Waals surface area contributed by atoms with E-state index in [9.17, 15) is 13.5 Å². The highest BCUT2D eigenvalue weighted by Crippen LogP contribution is 2.20. The zero-order valence-electron chi connectivity index (χ0n) is 13.7. The minimum Gasteiger partial charge on any atom is -0.507 e. The zero-order valence-corrected chi connectivity index (χ0v) is 14.5. The van der Waals surface area contributed by atoms with Crippen LogP contribution in [0, 0.1) is 0 Å². The van der Waals surface area contributed by atoms with Gasteiger partial charge >= 0.3 is 0 Å². The number of sulfonamides is 1. The first-order valence-electron chi connectivity index (χ1n) is 7.87. The standard InChI is InChI=1S/C19H18N2O3S/c1-2-18(17-9-5-6-10-19(17)22)20-21-25(23,24)16-12-11-14-7-3-4-8-15(14)13-16/h3-13,21-22H,2H2,1H3. The number of hydrogen-bond acceptors (Lipinski definition) is 4. The number of hydrazone groups is 1. The molecule has 5 nitrogen and oxygen atoms in total. The van der Waals surface area contributed by atoms with Gasteiger partial charge in [0, 0.05) is 5.56 Å². The van der Waals surface area contributed by atoms with Crippen molar-refractivity contribution in [2.75, 3.05) is 0 Å². The molecule has 0 amide bonds. The fourth-order valence-corrected chi connectivity index (χ4v) is 3.41. The van der Waals surface area contributed by atoms with Gasteiger partial charge in [0.05, 0.1) is 10.6 Å². The second-order valence-electron chi connectivity index (χ2n) is 5.53. The summed E-state index contributed by atoms with van der Waals surface area (Å²) >= 11 is 0. The summed E-state index contributed by atoms with van der Waals surface area (Å²) in [6, 6.07) is 19.2. The largest absolute Gasteiger partial charge is 0.507 e. The molecule has 0 spiro atoms. The molecule has 25 heavy (non-hydrogen) atoms. The van der Waals surface area contributed by atoms with E-state index in [-0.39, 0.29) is 10.6 Å². The lowest BCUT2D eigenvalue weighted by Crippen LogP contribution is -2.20. The molecule has 0 aliphatic heterocycles. The molecule has 0 atom stereocenters. The summed E-state index contributed by atoms with van der Waals surface area (Å²) in [6.07, 6.45) is 0.470. The highest BCUT2D eigenvalue weighted by atomic mass is 32.2. The van der Waals surface area contributed by atoms with Gasteiger partial charge in [-0.25, -0.2) is 0 Å². The maximum atomic E-state index is 12.5. The lowest BCUT2D eigenvalue weighted by atomic mass is 10.1. The number of para-hydroxylation sites is 1. The van der Waals surface area contributed by atoms with Crippen LogP contribution >= 0.6 is 0 Å². The molecule has 128 valence electrons. The second kappa shape index (κ2) is 6.94. The van der Waals surface area contributed by atoms with Crippen LogP contribution in [0.25, 0.3) is 10.8 Å². The molecular formula is C19H18N2O3S. The Hall–Kier alpha value is -2.86. The van der Waals surface area contributed by atoms with E-state index in [1.165, 1.54) is 0 Å². The molecule has 0 heterocycles. The SMILES string of the molecule is CCC(=NNS(=O)(=O)c1ccc2ccccc2c1)c1ccccc1O. The predicted octanol–water partition coefficient (Wildman–Crippen LogP) is 3.64. The Balaban J connectivity index is 1.93. The number of fused-ring (bicyclic) bond motifs is 1. The van der Waals surface area contributed by atoms with E-state index in [0.29, 0.717) is 17.7 Å². The van der Waals surface area contributed by atoms with Crippen molar-refractivity contribution >= 4 is 26.5 Å². The lowest BCUT2D eigenvalue weighted by molar-refractivity contribution is 0.474. The summed E-state index contributed by atoms with van der Waals surface area (Å²) in [7, 11) is -3.80. The number of hydrogen-bond donors (Lipinski definition) is 2. The minimum absolute atomic E-state index is 0.0630. The first-order valence-corrected chi connectivity index (χ1v) is 9.35. The third-order valence-corrected chi connectivity index (χ3v) is 5.09. The Morgan fingerprint density at radius 1 is 1.00 bits per heavy atom. The van der Waals surface area contributed by atoms with E-state index in [1.54, 1.807) is 42.5 Å². The van der Waals surface area contributed by atoms with Crippen LogP contribution in [-0.4, -0.2) is 19.2 Å². The van der Waals surface area contributed by atoms with Crippen LogP contribution in [0.3, 0.4) is 0 Å². The topological polar surface area (TPSA) is 78.8 Å². The Labute approximate surface area is 146 Å². The van der Waals surface area contributed by atoms with Crippen LogP contribution < -0.4 is 4.83 Å². The van der Waals surface area contributed by atoms with Gasteiger partial charge in [-0.05, 0) is 41.5 Å². The van der Waals surface area contributed by atoms with Crippen LogP contribution in [0.4, 0.5) is 0 Å². The van der Waals surface area contributed by atoms with Crippen LogP contribution in [0.15, 0.2) is 76.7 Å². The van der Waals surface area contributed by atoms with Crippen molar-refractivity contribution in [1.29, 1.82) is 0 Å². The van der Waals surface area contributed by atoms with E-state index in [4.69, 9.17) is 0 Å². The van der Waals surface area contributed by atoms with Crippen molar-refractivity contribution in [3.63, 3.8) is 0 Å². The molecule has 0 fully saturated rings. The molecule has 0 bridgehead atoms. The molecule has 3 aromatic carbocycles. The van der Waals surface area contributed by atoms with Gasteiger partial charge in [0.1, 0.15) is 5.75 Å². The molecule has 3 aromatic rings. The summed E-state index contributed by atoms with van der Waals surface area (Å²) in [5.41, 5.74) is 0.966. The minimum atomic E-state index is -3.80. The Kier molecular flexibility index (Phi) is 4.72. The molecule has 2 N–H and O–H groups in total. The van der Waals surface area contributed by atoms with Crippen LogP contribution in [-0.2, 0) is 10.0 Å². The van der Waals surface area contributed by atoms with Crippen LogP contribution in [0.1, 0.15) is 18.9 Å². The molecule has 0 aliphatic carbocycles. The molecule has 3 rings (SSSR count). The first kappa shape index (κ1) is 17.0. The highest BCUT2D eigenvalue weighted by molar-refractivity contribution is 7.89. The van der Waals surface area contributed by atoms with Gasteiger partial charge in [-0.1, -0.05) is 49.4 Å². The molecule has 0 unspecified atom stereocenters. The third kappa shape index (κ3) is 3.64. The number of benzene rings is 3. The van der Waals surface area contributed by atoms with Crippen molar-refractivity contribution in [1.82, 2.24) is 4.83 Å². The van der Waals surface area contributed by atoms with Gasteiger partial charge in [-0.2, -0.15) is 18.4 Å². The third-order valence-electron chi connectivity index (χ3n) is 3.88. The van der Waals surface area contributed by atoms with Crippen LogP contribution in [0.5, 0.6) is 5.75 Å². The molecular weight excluding hydrogens is 336 g/mol. The van der Waals surface area contributed by atoms with E-state index in [1.807, 2.05) is 31.2 Å². The summed E-state index contributed by atoms with van der Waals surface area (Å²) in [5.74, 6) is 0.0630. The monoisotopic (exact) mass is 354 g/mol. The van der Waals surface area contributed by atoms with Gasteiger partial charge in [0.2, 0.25) is 0 Å². The van der Waals surface area contributed by atoms with Crippen molar-refractivity contribution in [2.45, 2.75) is 18.2 Å². The number of nitrogens with one attached hydrogen (secondary N) is 1. The average Bonchev–Trinajstić information content (AvgIpc) is 2.63. The summed E-state index contributed by atoms with van der Waals surface area (Å²) in [5, 5.41) is 15.7. The summed E-state index contributed by atoms with van der Waals surface area (Å²) < 4.78 is 25.1. The first-order chi connectivity index (χ1) is 12.0. The second-order valence-corrected chi connectivity index (χ2v) is 7.19. The van der Waals surface area contributed by atoms with Gasteiger partial charge in [0.25, 0.3) is 10.0 Å². The number of aromatic hydroxyl groups is 1. The van der Waals surface area contributed by atoms with Gasteiger partial charge < -0.3 is 5.11 Å². The van der Waals surface area contributed by atoms with Crippen molar-refractivity contribution in [3.05, 3.63) is 72.3 Å². The predicted molar refractivity (Wildman–Crippen MR) is 99.2 cm³/mol. The van der Waals surface area contributed by atoms with Gasteiger partial charge in [-0.3, -0.25) is 0 Å². The van der Waals surface area contributed by atoms with E-state index in [0.717, 1.165) is 10.8 Å². The fourth-order valence-electron chi connectivity index (χ4n) is 2.55. The average molecular weight is 354 g/mol. The molecule has 0 radical (unpaired) electrons. The number of rotatable bonds is 5. The highest BCUT2D eigenvalue weighted by Gasteiger charge is 2.15. The smallest absolute Gasteiger partial charge is 0.276 e. The number of nitrogens with zero attached hydrogens (tertiary/aromatic N) is 1. The van der Waals surface area contributed by atoms with Crippen LogP contribution in [0.2, 0.25) is 0 Å². The van der Waals surface area contributed by atoms with Gasteiger partial charge in [-0.15, -0.1) is 0 Å². The van der Waals surface area contributed by atoms with Crippen molar-refractivity contribution < 1.29 is 13.5 Å². The van der Waals surface area contributed by atoms with Gasteiger partial charge in [0.15, 0.2) is 0 Å². The summed E-state index contributed by atoms with van der Waals surface area (Å²) in [4.78, 5) is 2.41. The van der Waals surface area contributed by atoms with E-state index >= 15 is 0 Å². The quantitative estimate of drug-likeness (QED) is 0.542. The molecule has 0 aromatic heterocycles. The fraction of sp³-hybridized carbons (Fsp3) is 0.105. The normalized spacial score (nSPS) is 12.3.